The molecule has 6 nitrogen and oxygen atoms in total. The van der Waals surface area contributed by atoms with E-state index in [4.69, 9.17) is 5.73 Å². The lowest BCUT2D eigenvalue weighted by molar-refractivity contribution is -0.384. The lowest BCUT2D eigenvalue weighted by Crippen LogP contribution is -2.32. The first-order chi connectivity index (χ1) is 9.06. The number of nitro benzene ring substituents is 1. The molecule has 1 aromatic rings. The molecule has 1 aliphatic rings. The monoisotopic (exact) mass is 263 g/mol. The molecule has 2 rings (SSSR count). The number of nitrogens with one attached hydrogen (secondary N) is 1. The Hall–Kier alpha value is -1.95. The van der Waals surface area contributed by atoms with Gasteiger partial charge in [0.2, 0.25) is 5.91 Å². The van der Waals surface area contributed by atoms with Gasteiger partial charge in [-0.3, -0.25) is 14.9 Å². The zero-order chi connectivity index (χ0) is 13.8. The molecule has 0 spiro atoms. The first-order valence-corrected chi connectivity index (χ1v) is 6.32. The molecule has 102 valence electrons. The molecule has 1 unspecified atom stereocenters. The van der Waals surface area contributed by atoms with E-state index in [9.17, 15) is 14.9 Å². The van der Waals surface area contributed by atoms with Crippen LogP contribution in [0.15, 0.2) is 24.3 Å². The summed E-state index contributed by atoms with van der Waals surface area (Å²) in [6, 6.07) is 6.09. The van der Waals surface area contributed by atoms with E-state index >= 15 is 0 Å². The highest BCUT2D eigenvalue weighted by molar-refractivity contribution is 5.76. The van der Waals surface area contributed by atoms with E-state index in [0.29, 0.717) is 18.9 Å². The highest BCUT2D eigenvalue weighted by Gasteiger charge is 2.29. The largest absolute Gasteiger partial charge is 0.352 e. The van der Waals surface area contributed by atoms with Gasteiger partial charge in [-0.05, 0) is 24.3 Å². The number of carbonyl (C=O) groups excluding carboxylic acids is 1. The van der Waals surface area contributed by atoms with Crippen molar-refractivity contribution in [2.45, 2.75) is 31.8 Å². The molecule has 6 heteroatoms. The standard InChI is InChI=1S/C13H17N3O3/c14-12(10-3-4-10)7-13(17)15-8-9-1-5-11(6-2-9)16(18)19/h1-2,5-6,10,12H,3-4,7-8,14H2,(H,15,17). The van der Waals surface area contributed by atoms with Gasteiger partial charge in [0.05, 0.1) is 4.92 Å². The van der Waals surface area contributed by atoms with Crippen LogP contribution in [0.2, 0.25) is 0 Å². The molecule has 1 aliphatic carbocycles. The predicted octanol–water partition coefficient (Wildman–Crippen LogP) is 1.34. The smallest absolute Gasteiger partial charge is 0.269 e. The van der Waals surface area contributed by atoms with Crippen molar-refractivity contribution < 1.29 is 9.72 Å². The third kappa shape index (κ3) is 4.03. The van der Waals surface area contributed by atoms with E-state index in [1.165, 1.54) is 12.1 Å². The van der Waals surface area contributed by atoms with Gasteiger partial charge in [-0.25, -0.2) is 0 Å². The number of nitrogens with zero attached hydrogens (tertiary/aromatic N) is 1. The summed E-state index contributed by atoms with van der Waals surface area (Å²) in [6.07, 6.45) is 2.59. The Kier molecular flexibility index (Phi) is 4.11. The summed E-state index contributed by atoms with van der Waals surface area (Å²) in [5.41, 5.74) is 6.75. The number of carbonyl (C=O) groups is 1. The van der Waals surface area contributed by atoms with Crippen LogP contribution in [0.1, 0.15) is 24.8 Å². The molecule has 0 bridgehead atoms. The number of hydrogen-bond donors (Lipinski definition) is 2. The van der Waals surface area contributed by atoms with Crippen LogP contribution in [0.25, 0.3) is 0 Å². The third-order valence-electron chi connectivity index (χ3n) is 3.29. The number of rotatable bonds is 6. The quantitative estimate of drug-likeness (QED) is 0.597. The van der Waals surface area contributed by atoms with E-state index in [1.807, 2.05) is 0 Å². The van der Waals surface area contributed by atoms with Gasteiger partial charge in [0.1, 0.15) is 0 Å². The summed E-state index contributed by atoms with van der Waals surface area (Å²) in [5, 5.41) is 13.3. The lowest BCUT2D eigenvalue weighted by Gasteiger charge is -2.10. The maximum absolute atomic E-state index is 11.6. The summed E-state index contributed by atoms with van der Waals surface area (Å²) in [6.45, 7) is 0.369. The van der Waals surface area contributed by atoms with Crippen molar-refractivity contribution in [3.05, 3.63) is 39.9 Å². The predicted molar refractivity (Wildman–Crippen MR) is 70.3 cm³/mol. The van der Waals surface area contributed by atoms with Crippen LogP contribution in [0.3, 0.4) is 0 Å². The van der Waals surface area contributed by atoms with Crippen molar-refractivity contribution in [2.24, 2.45) is 11.7 Å². The van der Waals surface area contributed by atoms with Crippen molar-refractivity contribution in [1.82, 2.24) is 5.32 Å². The van der Waals surface area contributed by atoms with Crippen LogP contribution in [-0.2, 0) is 11.3 Å². The van der Waals surface area contributed by atoms with E-state index < -0.39 is 4.92 Å². The molecule has 1 amide bonds. The van der Waals surface area contributed by atoms with Gasteiger partial charge in [-0.15, -0.1) is 0 Å². The summed E-state index contributed by atoms with van der Waals surface area (Å²) in [5.74, 6) is 0.433. The van der Waals surface area contributed by atoms with Crippen molar-refractivity contribution in [2.75, 3.05) is 0 Å². The molecule has 1 atom stereocenters. The third-order valence-corrected chi connectivity index (χ3v) is 3.29. The average molecular weight is 263 g/mol. The van der Waals surface area contributed by atoms with Gasteiger partial charge >= 0.3 is 0 Å². The van der Waals surface area contributed by atoms with E-state index in [0.717, 1.165) is 18.4 Å². The molecule has 19 heavy (non-hydrogen) atoms. The highest BCUT2D eigenvalue weighted by Crippen LogP contribution is 2.32. The maximum atomic E-state index is 11.6. The summed E-state index contributed by atoms with van der Waals surface area (Å²) < 4.78 is 0. The van der Waals surface area contributed by atoms with Crippen LogP contribution in [-0.4, -0.2) is 16.9 Å². The second kappa shape index (κ2) is 5.79. The SMILES string of the molecule is NC(CC(=O)NCc1ccc([N+](=O)[O-])cc1)C1CC1. The minimum atomic E-state index is -0.447. The molecule has 1 saturated carbocycles. The Labute approximate surface area is 111 Å². The van der Waals surface area contributed by atoms with Gasteiger partial charge in [0.15, 0.2) is 0 Å². The van der Waals surface area contributed by atoms with Gasteiger partial charge < -0.3 is 11.1 Å². The normalized spacial score (nSPS) is 15.8. The fourth-order valence-corrected chi connectivity index (χ4v) is 1.91. The van der Waals surface area contributed by atoms with Crippen LogP contribution >= 0.6 is 0 Å². The Bertz CT molecular complexity index is 469. The Morgan fingerprint density at radius 3 is 2.58 bits per heavy atom. The summed E-state index contributed by atoms with van der Waals surface area (Å²) >= 11 is 0. The van der Waals surface area contributed by atoms with Gasteiger partial charge in [-0.2, -0.15) is 0 Å². The summed E-state index contributed by atoms with van der Waals surface area (Å²) in [7, 11) is 0. The molecular weight excluding hydrogens is 246 g/mol. The first kappa shape index (κ1) is 13.5. The van der Waals surface area contributed by atoms with Crippen LogP contribution in [0, 0.1) is 16.0 Å². The van der Waals surface area contributed by atoms with Gasteiger partial charge in [0, 0.05) is 31.1 Å². The molecule has 3 N–H and O–H groups in total. The van der Waals surface area contributed by atoms with Crippen molar-refractivity contribution in [1.29, 1.82) is 0 Å². The number of hydrogen-bond acceptors (Lipinski definition) is 4. The molecule has 0 aromatic heterocycles. The molecule has 1 fully saturated rings. The fourth-order valence-electron chi connectivity index (χ4n) is 1.91. The minimum absolute atomic E-state index is 0.0446. The van der Waals surface area contributed by atoms with Crippen LogP contribution in [0.4, 0.5) is 5.69 Å². The molecular formula is C13H17N3O3. The van der Waals surface area contributed by atoms with E-state index in [1.54, 1.807) is 12.1 Å². The topological polar surface area (TPSA) is 98.3 Å². The zero-order valence-electron chi connectivity index (χ0n) is 10.5. The highest BCUT2D eigenvalue weighted by atomic mass is 16.6. The zero-order valence-corrected chi connectivity index (χ0v) is 10.5. The Morgan fingerprint density at radius 1 is 1.42 bits per heavy atom. The number of nitro groups is 1. The molecule has 0 radical (unpaired) electrons. The van der Waals surface area contributed by atoms with Gasteiger partial charge in [-0.1, -0.05) is 12.1 Å². The fraction of sp³-hybridized carbons (Fsp3) is 0.462. The number of non-ortho nitro benzene ring substituents is 1. The number of nitrogens with two attached hydrogens (primary N) is 1. The lowest BCUT2D eigenvalue weighted by atomic mass is 10.1. The minimum Gasteiger partial charge on any atom is -0.352 e. The molecule has 0 saturated heterocycles. The first-order valence-electron chi connectivity index (χ1n) is 6.32. The number of benzene rings is 1. The molecule has 1 aromatic carbocycles. The van der Waals surface area contributed by atoms with Crippen molar-refractivity contribution in [3.8, 4) is 0 Å². The van der Waals surface area contributed by atoms with Gasteiger partial charge in [0.25, 0.3) is 5.69 Å². The number of amides is 1. The van der Waals surface area contributed by atoms with E-state index in [2.05, 4.69) is 5.32 Å². The molecule has 0 aliphatic heterocycles. The Balaban J connectivity index is 1.77. The van der Waals surface area contributed by atoms with Crippen LogP contribution < -0.4 is 11.1 Å². The second-order valence-corrected chi connectivity index (χ2v) is 4.91. The molecule has 0 heterocycles. The summed E-state index contributed by atoms with van der Waals surface area (Å²) in [4.78, 5) is 21.7. The van der Waals surface area contributed by atoms with Crippen molar-refractivity contribution in [3.63, 3.8) is 0 Å². The van der Waals surface area contributed by atoms with Crippen molar-refractivity contribution >= 4 is 11.6 Å². The van der Waals surface area contributed by atoms with E-state index in [-0.39, 0.29) is 17.6 Å². The average Bonchev–Trinajstić information content (AvgIpc) is 3.21. The van der Waals surface area contributed by atoms with Crippen LogP contribution in [0.5, 0.6) is 0 Å². The maximum Gasteiger partial charge on any atom is 0.269 e. The second-order valence-electron chi connectivity index (χ2n) is 4.91. The Morgan fingerprint density at radius 2 is 2.05 bits per heavy atom.